The number of aryl methyl sites for hydroxylation is 2. The van der Waals surface area contributed by atoms with Crippen LogP contribution in [-0.4, -0.2) is 38.4 Å². The summed E-state index contributed by atoms with van der Waals surface area (Å²) in [5.41, 5.74) is -5.64. The molecule has 0 bridgehead atoms. The number of carbonyl (C=O) groups is 1. The smallest absolute Gasteiger partial charge is 0.416 e. The Bertz CT molecular complexity index is 1540. The summed E-state index contributed by atoms with van der Waals surface area (Å²) in [6, 6.07) is 2.19. The van der Waals surface area contributed by atoms with E-state index in [1.807, 2.05) is 0 Å². The number of anilines is 2. The van der Waals surface area contributed by atoms with Gasteiger partial charge in [0.25, 0.3) is 5.95 Å². The summed E-state index contributed by atoms with van der Waals surface area (Å²) in [5, 5.41) is 11.8. The zero-order valence-electron chi connectivity index (χ0n) is 25.4. The number of hydrogen-bond donors (Lipinski definition) is 0. The Labute approximate surface area is 258 Å². The minimum absolute atomic E-state index is 0.000262. The summed E-state index contributed by atoms with van der Waals surface area (Å²) in [4.78, 5) is 16.7. The number of rotatable bonds is 5. The summed E-state index contributed by atoms with van der Waals surface area (Å²) in [7, 11) is 1.39. The minimum atomic E-state index is -5.11. The summed E-state index contributed by atoms with van der Waals surface area (Å²) in [6.07, 6.45) is -15.8. The van der Waals surface area contributed by atoms with E-state index < -0.39 is 65.1 Å². The predicted molar refractivity (Wildman–Crippen MR) is 148 cm³/mol. The zero-order chi connectivity index (χ0) is 34.4. The van der Waals surface area contributed by atoms with Crippen LogP contribution in [0.25, 0.3) is 0 Å². The molecule has 0 aliphatic carbocycles. The lowest BCUT2D eigenvalue weighted by molar-refractivity contribution is -0.143. The Morgan fingerprint density at radius 2 is 1.54 bits per heavy atom. The molecule has 17 heteroatoms. The van der Waals surface area contributed by atoms with Gasteiger partial charge in [-0.1, -0.05) is 18.1 Å². The molecule has 0 spiro atoms. The van der Waals surface area contributed by atoms with Crippen LogP contribution in [0.1, 0.15) is 80.0 Å². The maximum atomic E-state index is 14.2. The van der Waals surface area contributed by atoms with E-state index in [-0.39, 0.29) is 54.6 Å². The molecule has 4 rings (SSSR count). The average Bonchev–Trinajstić information content (AvgIpc) is 3.25. The number of nitrogens with zero attached hydrogens (tertiary/aromatic N) is 6. The van der Waals surface area contributed by atoms with Crippen molar-refractivity contribution in [2.45, 2.75) is 83.7 Å². The SMILES string of the molecule is CCc1cc2c(cc1C(F)(F)F)N(C(=O)OC(C)(C)C)CCCC2N(Cc1cc(C(F)(F)F)cc(C(F)(F)F)c1)c1nnn(C)n1. The van der Waals surface area contributed by atoms with Crippen LogP contribution in [0.4, 0.5) is 55.9 Å². The molecule has 3 aromatic rings. The van der Waals surface area contributed by atoms with Crippen molar-refractivity contribution in [2.24, 2.45) is 7.05 Å². The van der Waals surface area contributed by atoms with Gasteiger partial charge in [-0.05, 0) is 86.2 Å². The van der Waals surface area contributed by atoms with Gasteiger partial charge >= 0.3 is 24.6 Å². The first kappa shape index (κ1) is 34.8. The van der Waals surface area contributed by atoms with E-state index in [0.29, 0.717) is 12.1 Å². The molecule has 1 amide bonds. The third-order valence-corrected chi connectivity index (χ3v) is 7.19. The molecule has 1 unspecified atom stereocenters. The van der Waals surface area contributed by atoms with Crippen LogP contribution in [0.2, 0.25) is 0 Å². The molecule has 8 nitrogen and oxygen atoms in total. The molecule has 1 aromatic heterocycles. The normalized spacial score (nSPS) is 16.2. The number of aromatic nitrogens is 4. The largest absolute Gasteiger partial charge is 0.443 e. The van der Waals surface area contributed by atoms with Crippen LogP contribution >= 0.6 is 0 Å². The van der Waals surface area contributed by atoms with Crippen LogP contribution in [0, 0.1) is 0 Å². The number of alkyl halides is 9. The number of ether oxygens (including phenoxy) is 1. The average molecular weight is 667 g/mol. The highest BCUT2D eigenvalue weighted by molar-refractivity contribution is 5.90. The van der Waals surface area contributed by atoms with Gasteiger partial charge in [0.2, 0.25) is 0 Å². The fourth-order valence-electron chi connectivity index (χ4n) is 5.27. The lowest BCUT2D eigenvalue weighted by Gasteiger charge is -2.33. The molecule has 1 aliphatic rings. The summed E-state index contributed by atoms with van der Waals surface area (Å²) in [6.45, 7) is 5.54. The lowest BCUT2D eigenvalue weighted by atomic mass is 9.93. The van der Waals surface area contributed by atoms with Gasteiger partial charge < -0.3 is 9.64 Å². The molecule has 1 atom stereocenters. The highest BCUT2D eigenvalue weighted by atomic mass is 19.4. The van der Waals surface area contributed by atoms with Gasteiger partial charge in [-0.15, -0.1) is 5.10 Å². The van der Waals surface area contributed by atoms with E-state index >= 15 is 0 Å². The second kappa shape index (κ2) is 12.3. The summed E-state index contributed by atoms with van der Waals surface area (Å²) < 4.78 is 130. The molecule has 0 saturated heterocycles. The van der Waals surface area contributed by atoms with Crippen molar-refractivity contribution in [3.8, 4) is 0 Å². The highest BCUT2D eigenvalue weighted by Crippen LogP contribution is 2.45. The first-order chi connectivity index (χ1) is 21.1. The van der Waals surface area contributed by atoms with E-state index in [4.69, 9.17) is 4.74 Å². The first-order valence-electron chi connectivity index (χ1n) is 14.1. The van der Waals surface area contributed by atoms with Crippen molar-refractivity contribution in [1.82, 2.24) is 20.2 Å². The lowest BCUT2D eigenvalue weighted by Crippen LogP contribution is -2.38. The summed E-state index contributed by atoms with van der Waals surface area (Å²) >= 11 is 0. The second-order valence-electron chi connectivity index (χ2n) is 11.8. The van der Waals surface area contributed by atoms with Crippen molar-refractivity contribution in [2.75, 3.05) is 16.3 Å². The van der Waals surface area contributed by atoms with Crippen LogP contribution < -0.4 is 9.80 Å². The molecule has 2 aromatic carbocycles. The third kappa shape index (κ3) is 7.84. The van der Waals surface area contributed by atoms with Crippen LogP contribution in [0.3, 0.4) is 0 Å². The van der Waals surface area contributed by atoms with E-state index in [9.17, 15) is 44.3 Å². The topological polar surface area (TPSA) is 76.4 Å². The quantitative estimate of drug-likeness (QED) is 0.256. The van der Waals surface area contributed by atoms with Gasteiger partial charge in [0.05, 0.1) is 35.5 Å². The fraction of sp³-hybridized carbons (Fsp3) is 0.517. The van der Waals surface area contributed by atoms with Gasteiger partial charge in [0, 0.05) is 13.1 Å². The van der Waals surface area contributed by atoms with Crippen molar-refractivity contribution < 1.29 is 49.0 Å². The van der Waals surface area contributed by atoms with E-state index in [1.165, 1.54) is 24.9 Å². The fourth-order valence-corrected chi connectivity index (χ4v) is 5.27. The number of benzene rings is 2. The Morgan fingerprint density at radius 3 is 2.02 bits per heavy atom. The van der Waals surface area contributed by atoms with Crippen LogP contribution in [0.15, 0.2) is 30.3 Å². The first-order valence-corrected chi connectivity index (χ1v) is 14.1. The molecule has 252 valence electrons. The van der Waals surface area contributed by atoms with E-state index in [0.717, 1.165) is 15.8 Å². The number of carbonyl (C=O) groups excluding carboxylic acids is 1. The molecule has 0 fully saturated rings. The molecule has 0 saturated carbocycles. The van der Waals surface area contributed by atoms with Gasteiger partial charge in [0.15, 0.2) is 0 Å². The molecule has 0 N–H and O–H groups in total. The molecule has 46 heavy (non-hydrogen) atoms. The van der Waals surface area contributed by atoms with Crippen molar-refractivity contribution in [3.05, 3.63) is 63.7 Å². The maximum Gasteiger partial charge on any atom is 0.416 e. The van der Waals surface area contributed by atoms with Crippen molar-refractivity contribution >= 4 is 17.7 Å². The number of hydrogen-bond acceptors (Lipinski definition) is 6. The maximum absolute atomic E-state index is 14.2. The Morgan fingerprint density at radius 1 is 0.935 bits per heavy atom. The Balaban J connectivity index is 1.95. The van der Waals surface area contributed by atoms with Crippen LogP contribution in [0.5, 0.6) is 0 Å². The number of fused-ring (bicyclic) bond motifs is 1. The molecular weight excluding hydrogens is 635 g/mol. The zero-order valence-corrected chi connectivity index (χ0v) is 25.4. The second-order valence-corrected chi connectivity index (χ2v) is 11.8. The summed E-state index contributed by atoms with van der Waals surface area (Å²) in [5.74, 6) is -0.201. The minimum Gasteiger partial charge on any atom is -0.443 e. The van der Waals surface area contributed by atoms with E-state index in [1.54, 1.807) is 20.8 Å². The Hall–Kier alpha value is -4.05. The van der Waals surface area contributed by atoms with Gasteiger partial charge in [0.1, 0.15) is 5.60 Å². The van der Waals surface area contributed by atoms with Crippen LogP contribution in [-0.2, 0) is 43.3 Å². The van der Waals surface area contributed by atoms with Crippen molar-refractivity contribution in [3.63, 3.8) is 0 Å². The molecule has 2 heterocycles. The molecular formula is C29H31F9N6O2. The number of halogens is 9. The number of amides is 1. The van der Waals surface area contributed by atoms with Gasteiger partial charge in [-0.3, -0.25) is 4.90 Å². The van der Waals surface area contributed by atoms with Gasteiger partial charge in [-0.25, -0.2) is 4.79 Å². The third-order valence-electron chi connectivity index (χ3n) is 7.19. The monoisotopic (exact) mass is 666 g/mol. The predicted octanol–water partition coefficient (Wildman–Crippen LogP) is 8.11. The van der Waals surface area contributed by atoms with E-state index in [2.05, 4.69) is 15.4 Å². The van der Waals surface area contributed by atoms with Gasteiger partial charge in [-0.2, -0.15) is 44.3 Å². The Kier molecular flexibility index (Phi) is 9.30. The highest BCUT2D eigenvalue weighted by Gasteiger charge is 2.41. The van der Waals surface area contributed by atoms with Crippen molar-refractivity contribution in [1.29, 1.82) is 0 Å². The number of tetrazole rings is 1. The standard InChI is InChI=1S/C29H31F9N6O2/c1-6-17-12-20-22(8-7-9-43(25(45)46-26(2,3)4)23(20)14-21(17)29(36,37)38)44(24-39-41-42(5)40-24)15-16-10-18(27(30,31)32)13-19(11-16)28(33,34)35/h10-14,22H,6-9,15H2,1-5H3. The molecule has 1 aliphatic heterocycles. The molecule has 0 radical (unpaired) electrons.